The second-order valence-electron chi connectivity index (χ2n) is 8.65. The standard InChI is InChI=1S/C28H27ClN2O2/c1-17-7-12-25-23(13-17)21-5-4-6-22(21)27(31-25)19-8-10-20(11-9-19)30-16-18-14-24(29)28(33-3)26(15-18)32-2/h4-5,7-16,21-22,27,31H,6H2,1-3H3/t21-,22-,27-/m0/s1. The first kappa shape index (κ1) is 21.6. The third-order valence-electron chi connectivity index (χ3n) is 6.59. The van der Waals surface area contributed by atoms with Crippen molar-refractivity contribution in [2.75, 3.05) is 19.5 Å². The molecular formula is C28H27ClN2O2. The predicted octanol–water partition coefficient (Wildman–Crippen LogP) is 7.24. The van der Waals surface area contributed by atoms with E-state index < -0.39 is 0 Å². The third kappa shape index (κ3) is 4.11. The van der Waals surface area contributed by atoms with E-state index in [1.165, 1.54) is 22.4 Å². The first-order chi connectivity index (χ1) is 16.1. The van der Waals surface area contributed by atoms with E-state index in [1.807, 2.05) is 12.1 Å². The number of aryl methyl sites for hydroxylation is 1. The van der Waals surface area contributed by atoms with Gasteiger partial charge in [0.05, 0.1) is 31.0 Å². The van der Waals surface area contributed by atoms with Gasteiger partial charge < -0.3 is 14.8 Å². The minimum atomic E-state index is 0.280. The molecule has 3 aromatic rings. The van der Waals surface area contributed by atoms with E-state index in [1.54, 1.807) is 20.4 Å². The van der Waals surface area contributed by atoms with Crippen LogP contribution in [0.2, 0.25) is 5.02 Å². The fraction of sp³-hybridized carbons (Fsp3) is 0.250. The molecule has 3 aromatic carbocycles. The Morgan fingerprint density at radius 2 is 1.85 bits per heavy atom. The van der Waals surface area contributed by atoms with Crippen LogP contribution in [0.5, 0.6) is 11.5 Å². The maximum absolute atomic E-state index is 6.31. The molecule has 5 heteroatoms. The number of hydrogen-bond donors (Lipinski definition) is 1. The van der Waals surface area contributed by atoms with E-state index in [2.05, 4.69) is 71.8 Å². The van der Waals surface area contributed by atoms with Crippen molar-refractivity contribution in [1.82, 2.24) is 0 Å². The summed E-state index contributed by atoms with van der Waals surface area (Å²) >= 11 is 6.31. The second-order valence-corrected chi connectivity index (χ2v) is 9.06. The summed E-state index contributed by atoms with van der Waals surface area (Å²) in [5.41, 5.74) is 6.99. The molecule has 0 bridgehead atoms. The number of benzene rings is 3. The van der Waals surface area contributed by atoms with Gasteiger partial charge in [0.25, 0.3) is 0 Å². The number of allylic oxidation sites excluding steroid dienone is 2. The molecule has 5 rings (SSSR count). The van der Waals surface area contributed by atoms with E-state index in [0.29, 0.717) is 28.4 Å². The average molecular weight is 459 g/mol. The molecule has 4 nitrogen and oxygen atoms in total. The Morgan fingerprint density at radius 3 is 2.61 bits per heavy atom. The van der Waals surface area contributed by atoms with Gasteiger partial charge in [-0.1, -0.05) is 53.6 Å². The van der Waals surface area contributed by atoms with Crippen molar-refractivity contribution >= 4 is 29.2 Å². The summed E-state index contributed by atoms with van der Waals surface area (Å²) in [4.78, 5) is 4.63. The number of methoxy groups -OCH3 is 2. The van der Waals surface area contributed by atoms with Crippen LogP contribution in [-0.2, 0) is 0 Å². The molecule has 0 aromatic heterocycles. The maximum atomic E-state index is 6.31. The zero-order valence-electron chi connectivity index (χ0n) is 19.0. The fourth-order valence-corrected chi connectivity index (χ4v) is 5.27. The van der Waals surface area contributed by atoms with Gasteiger partial charge in [0.15, 0.2) is 11.5 Å². The van der Waals surface area contributed by atoms with E-state index in [4.69, 9.17) is 21.1 Å². The van der Waals surface area contributed by atoms with E-state index >= 15 is 0 Å². The highest BCUT2D eigenvalue weighted by Gasteiger charge is 2.37. The fourth-order valence-electron chi connectivity index (χ4n) is 4.97. The molecule has 0 spiro atoms. The molecule has 33 heavy (non-hydrogen) atoms. The van der Waals surface area contributed by atoms with Gasteiger partial charge in [-0.15, -0.1) is 0 Å². The molecule has 1 aliphatic heterocycles. The number of fused-ring (bicyclic) bond motifs is 3. The topological polar surface area (TPSA) is 42.8 Å². The Bertz CT molecular complexity index is 1230. The number of anilines is 1. The van der Waals surface area contributed by atoms with Gasteiger partial charge >= 0.3 is 0 Å². The SMILES string of the molecule is COc1cc(C=Nc2ccc([C@@H]3Nc4ccc(C)cc4[C@H]4C=CC[C@@H]43)cc2)cc(Cl)c1OC. The molecule has 1 heterocycles. The summed E-state index contributed by atoms with van der Waals surface area (Å²) in [7, 11) is 3.17. The van der Waals surface area contributed by atoms with Crippen LogP contribution in [0.1, 0.15) is 40.6 Å². The molecule has 2 aliphatic rings. The zero-order chi connectivity index (χ0) is 22.9. The summed E-state index contributed by atoms with van der Waals surface area (Å²) in [6, 6.07) is 19.2. The van der Waals surface area contributed by atoms with Crippen molar-refractivity contribution in [2.45, 2.75) is 25.3 Å². The van der Waals surface area contributed by atoms with Crippen molar-refractivity contribution in [3.8, 4) is 11.5 Å². The lowest BCUT2D eigenvalue weighted by Gasteiger charge is -2.37. The summed E-state index contributed by atoms with van der Waals surface area (Å²) in [5.74, 6) is 2.11. The van der Waals surface area contributed by atoms with Crippen molar-refractivity contribution in [3.05, 3.63) is 94.0 Å². The highest BCUT2D eigenvalue weighted by atomic mass is 35.5. The number of nitrogens with zero attached hydrogens (tertiary/aromatic N) is 1. The number of aliphatic imine (C=N–C) groups is 1. The lowest BCUT2D eigenvalue weighted by Crippen LogP contribution is -2.29. The van der Waals surface area contributed by atoms with Crippen LogP contribution < -0.4 is 14.8 Å². The van der Waals surface area contributed by atoms with Crippen LogP contribution in [-0.4, -0.2) is 20.4 Å². The maximum Gasteiger partial charge on any atom is 0.179 e. The average Bonchev–Trinajstić information content (AvgIpc) is 3.33. The van der Waals surface area contributed by atoms with Gasteiger partial charge in [0, 0.05) is 17.8 Å². The lowest BCUT2D eigenvalue weighted by molar-refractivity contribution is 0.355. The molecule has 0 saturated carbocycles. The Kier molecular flexibility index (Phi) is 5.86. The van der Waals surface area contributed by atoms with Crippen molar-refractivity contribution in [1.29, 1.82) is 0 Å². The Balaban J connectivity index is 1.37. The van der Waals surface area contributed by atoms with Crippen molar-refractivity contribution < 1.29 is 9.47 Å². The van der Waals surface area contributed by atoms with Gasteiger partial charge in [-0.2, -0.15) is 0 Å². The first-order valence-electron chi connectivity index (χ1n) is 11.2. The van der Waals surface area contributed by atoms with Crippen LogP contribution in [0, 0.1) is 12.8 Å². The largest absolute Gasteiger partial charge is 0.493 e. The summed E-state index contributed by atoms with van der Waals surface area (Å²) in [5, 5.41) is 4.29. The van der Waals surface area contributed by atoms with Crippen LogP contribution in [0.3, 0.4) is 0 Å². The lowest BCUT2D eigenvalue weighted by atomic mass is 9.76. The molecule has 3 atom stereocenters. The Labute approximate surface area is 199 Å². The number of ether oxygens (including phenoxy) is 2. The monoisotopic (exact) mass is 458 g/mol. The van der Waals surface area contributed by atoms with Crippen LogP contribution in [0.25, 0.3) is 0 Å². The molecule has 0 fully saturated rings. The van der Waals surface area contributed by atoms with Crippen molar-refractivity contribution in [3.63, 3.8) is 0 Å². The number of halogens is 1. The molecule has 0 saturated heterocycles. The van der Waals surface area contributed by atoms with Gasteiger partial charge in [-0.05, 0) is 66.3 Å². The molecule has 1 N–H and O–H groups in total. The second kappa shape index (κ2) is 8.95. The smallest absolute Gasteiger partial charge is 0.179 e. The molecular weight excluding hydrogens is 432 g/mol. The molecule has 0 radical (unpaired) electrons. The van der Waals surface area contributed by atoms with Crippen LogP contribution in [0.15, 0.2) is 71.7 Å². The minimum Gasteiger partial charge on any atom is -0.493 e. The quantitative estimate of drug-likeness (QED) is 0.323. The normalized spacial score (nSPS) is 20.9. The summed E-state index contributed by atoms with van der Waals surface area (Å²) < 4.78 is 10.7. The van der Waals surface area contributed by atoms with Crippen LogP contribution >= 0.6 is 11.6 Å². The minimum absolute atomic E-state index is 0.280. The Hall–Kier alpha value is -3.24. The molecule has 1 aliphatic carbocycles. The highest BCUT2D eigenvalue weighted by molar-refractivity contribution is 6.32. The molecule has 0 unspecified atom stereocenters. The van der Waals surface area contributed by atoms with Gasteiger partial charge in [0.1, 0.15) is 0 Å². The first-order valence-corrected chi connectivity index (χ1v) is 11.5. The van der Waals surface area contributed by atoms with E-state index in [0.717, 1.165) is 17.7 Å². The number of rotatable bonds is 5. The van der Waals surface area contributed by atoms with Gasteiger partial charge in [-0.3, -0.25) is 4.99 Å². The molecule has 0 amide bonds. The Morgan fingerprint density at radius 1 is 1.03 bits per heavy atom. The number of hydrogen-bond acceptors (Lipinski definition) is 4. The van der Waals surface area contributed by atoms with E-state index in [-0.39, 0.29) is 6.04 Å². The van der Waals surface area contributed by atoms with Gasteiger partial charge in [-0.25, -0.2) is 0 Å². The third-order valence-corrected chi connectivity index (χ3v) is 6.87. The zero-order valence-corrected chi connectivity index (χ0v) is 19.8. The highest BCUT2D eigenvalue weighted by Crippen LogP contribution is 2.50. The van der Waals surface area contributed by atoms with Gasteiger partial charge in [0.2, 0.25) is 0 Å². The number of nitrogens with one attached hydrogen (secondary N) is 1. The molecule has 168 valence electrons. The van der Waals surface area contributed by atoms with E-state index in [9.17, 15) is 0 Å². The summed E-state index contributed by atoms with van der Waals surface area (Å²) in [6.45, 7) is 2.16. The summed E-state index contributed by atoms with van der Waals surface area (Å²) in [6.07, 6.45) is 7.59. The predicted molar refractivity (Wildman–Crippen MR) is 136 cm³/mol. The van der Waals surface area contributed by atoms with Crippen LogP contribution in [0.4, 0.5) is 11.4 Å². The van der Waals surface area contributed by atoms with Crippen molar-refractivity contribution in [2.24, 2.45) is 10.9 Å².